The van der Waals surface area contributed by atoms with Gasteiger partial charge in [0.1, 0.15) is 36.2 Å². The predicted octanol–water partition coefficient (Wildman–Crippen LogP) is 3.91. The Hall–Kier alpha value is -4.87. The molecule has 1 N–H and O–H groups in total. The standard InChI is InChI=1S/C30H26F2N6O5S/c31-20-9-11-37(16-20)44(41,42)35-28-7-5-26(32)29(25(28)14-33)43-23-4-6-27-24(13-23)30(40)38(18-34-27)22-3-1-2-21(12-22)36-10-8-19(15-36)17-39/h1-7,12-13,17-20,35H,8-11,15-16H2/t19?,20-/m1/s1. The Balaban J connectivity index is 1.31. The van der Waals surface area contributed by atoms with E-state index in [9.17, 15) is 32.0 Å². The highest BCUT2D eigenvalue weighted by atomic mass is 32.2. The van der Waals surface area contributed by atoms with E-state index in [1.807, 2.05) is 18.2 Å². The van der Waals surface area contributed by atoms with Crippen molar-refractivity contribution in [2.45, 2.75) is 19.0 Å². The number of fused-ring (bicyclic) bond motifs is 1. The summed E-state index contributed by atoms with van der Waals surface area (Å²) >= 11 is 0. The molecule has 0 saturated carbocycles. The average Bonchev–Trinajstić information content (AvgIpc) is 3.69. The second-order valence-corrected chi connectivity index (χ2v) is 12.3. The number of hydrogen-bond donors (Lipinski definition) is 1. The van der Waals surface area contributed by atoms with Crippen LogP contribution in [0.4, 0.5) is 20.2 Å². The maximum Gasteiger partial charge on any atom is 0.301 e. The zero-order chi connectivity index (χ0) is 31.0. The molecule has 1 aromatic heterocycles. The Morgan fingerprint density at radius 3 is 2.61 bits per heavy atom. The van der Waals surface area contributed by atoms with E-state index in [4.69, 9.17) is 4.74 Å². The van der Waals surface area contributed by atoms with E-state index >= 15 is 0 Å². The van der Waals surface area contributed by atoms with Crippen LogP contribution >= 0.6 is 0 Å². The van der Waals surface area contributed by atoms with E-state index in [0.717, 1.165) is 41.4 Å². The molecule has 0 aliphatic carbocycles. The number of nitrogens with one attached hydrogen (secondary N) is 1. The van der Waals surface area contributed by atoms with Crippen LogP contribution in [0.2, 0.25) is 0 Å². The summed E-state index contributed by atoms with van der Waals surface area (Å²) in [5, 5.41) is 9.98. The minimum absolute atomic E-state index is 0.00935. The molecule has 6 rings (SSSR count). The third-order valence-corrected chi connectivity index (χ3v) is 9.22. The zero-order valence-corrected chi connectivity index (χ0v) is 24.0. The molecular weight excluding hydrogens is 594 g/mol. The highest BCUT2D eigenvalue weighted by Gasteiger charge is 2.32. The summed E-state index contributed by atoms with van der Waals surface area (Å²) in [4.78, 5) is 31.2. The van der Waals surface area contributed by atoms with Gasteiger partial charge in [-0.1, -0.05) is 6.07 Å². The third kappa shape index (κ3) is 5.59. The minimum Gasteiger partial charge on any atom is -0.453 e. The second-order valence-electron chi connectivity index (χ2n) is 10.6. The number of rotatable bonds is 8. The summed E-state index contributed by atoms with van der Waals surface area (Å²) in [6, 6.07) is 15.4. The van der Waals surface area contributed by atoms with Gasteiger partial charge in [-0.25, -0.2) is 13.8 Å². The zero-order valence-electron chi connectivity index (χ0n) is 23.2. The highest BCUT2D eigenvalue weighted by molar-refractivity contribution is 7.90. The number of nitriles is 1. The Morgan fingerprint density at radius 1 is 1.07 bits per heavy atom. The van der Waals surface area contributed by atoms with Crippen LogP contribution in [0, 0.1) is 23.1 Å². The van der Waals surface area contributed by atoms with Crippen molar-refractivity contribution in [3.63, 3.8) is 0 Å². The molecule has 4 aromatic rings. The first-order valence-corrected chi connectivity index (χ1v) is 15.3. The summed E-state index contributed by atoms with van der Waals surface area (Å²) in [5.41, 5.74) is 0.668. The molecule has 1 unspecified atom stereocenters. The molecular formula is C30H26F2N6O5S. The van der Waals surface area contributed by atoms with Crippen molar-refractivity contribution in [3.05, 3.63) is 82.7 Å². The van der Waals surface area contributed by atoms with E-state index in [2.05, 4.69) is 14.6 Å². The molecule has 0 spiro atoms. The van der Waals surface area contributed by atoms with Gasteiger partial charge in [0.2, 0.25) is 0 Å². The number of ether oxygens (including phenoxy) is 1. The van der Waals surface area contributed by atoms with E-state index in [0.29, 0.717) is 17.7 Å². The lowest BCUT2D eigenvalue weighted by Gasteiger charge is -2.19. The van der Waals surface area contributed by atoms with E-state index < -0.39 is 39.1 Å². The van der Waals surface area contributed by atoms with Crippen LogP contribution in [0.1, 0.15) is 18.4 Å². The lowest BCUT2D eigenvalue weighted by atomic mass is 10.1. The van der Waals surface area contributed by atoms with E-state index in [1.165, 1.54) is 29.1 Å². The normalized spacial score (nSPS) is 18.8. The summed E-state index contributed by atoms with van der Waals surface area (Å²) < 4.78 is 64.4. The second kappa shape index (κ2) is 11.7. The highest BCUT2D eigenvalue weighted by Crippen LogP contribution is 2.35. The number of halogens is 2. The van der Waals surface area contributed by atoms with Crippen LogP contribution in [-0.4, -0.2) is 60.9 Å². The van der Waals surface area contributed by atoms with Crippen molar-refractivity contribution in [2.24, 2.45) is 5.92 Å². The minimum atomic E-state index is -4.22. The lowest BCUT2D eigenvalue weighted by molar-refractivity contribution is -0.110. The van der Waals surface area contributed by atoms with Gasteiger partial charge in [-0.2, -0.15) is 18.0 Å². The molecule has 44 heavy (non-hydrogen) atoms. The SMILES string of the molecule is N#Cc1c(NS(=O)(=O)N2CC[C@@H](F)C2)ccc(F)c1Oc1ccc2ncn(-c3cccc(N4CCC(C=O)C4)c3)c(=O)c2c1. The Labute approximate surface area is 251 Å². The maximum atomic E-state index is 15.0. The largest absolute Gasteiger partial charge is 0.453 e. The van der Waals surface area contributed by atoms with Crippen LogP contribution in [0.5, 0.6) is 11.5 Å². The summed E-state index contributed by atoms with van der Waals surface area (Å²) in [7, 11) is -4.22. The fourth-order valence-corrected chi connectivity index (χ4v) is 6.68. The third-order valence-electron chi connectivity index (χ3n) is 7.73. The predicted molar refractivity (Wildman–Crippen MR) is 159 cm³/mol. The number of aromatic nitrogens is 2. The molecule has 2 atom stereocenters. The van der Waals surface area contributed by atoms with Crippen molar-refractivity contribution in [1.29, 1.82) is 5.26 Å². The number of benzene rings is 3. The van der Waals surface area contributed by atoms with Crippen LogP contribution in [-0.2, 0) is 15.0 Å². The van der Waals surface area contributed by atoms with Crippen LogP contribution in [0.3, 0.4) is 0 Å². The Bertz CT molecular complexity index is 1980. The molecule has 0 bridgehead atoms. The van der Waals surface area contributed by atoms with Gasteiger partial charge in [-0.3, -0.25) is 14.1 Å². The molecule has 226 valence electrons. The van der Waals surface area contributed by atoms with E-state index in [-0.39, 0.29) is 42.3 Å². The van der Waals surface area contributed by atoms with Gasteiger partial charge >= 0.3 is 10.2 Å². The van der Waals surface area contributed by atoms with Crippen molar-refractivity contribution in [2.75, 3.05) is 35.8 Å². The van der Waals surface area contributed by atoms with Gasteiger partial charge < -0.3 is 14.4 Å². The Morgan fingerprint density at radius 2 is 1.89 bits per heavy atom. The number of anilines is 2. The van der Waals surface area contributed by atoms with E-state index in [1.54, 1.807) is 12.1 Å². The molecule has 14 heteroatoms. The number of nitrogens with zero attached hydrogens (tertiary/aromatic N) is 5. The van der Waals surface area contributed by atoms with Gasteiger partial charge in [-0.05, 0) is 61.4 Å². The lowest BCUT2D eigenvalue weighted by Crippen LogP contribution is -2.34. The molecule has 2 aliphatic rings. The first-order valence-electron chi connectivity index (χ1n) is 13.8. The van der Waals surface area contributed by atoms with Crippen LogP contribution < -0.4 is 19.9 Å². The summed E-state index contributed by atoms with van der Waals surface area (Å²) in [6.07, 6.45) is 1.86. The first kappa shape index (κ1) is 29.2. The quantitative estimate of drug-likeness (QED) is 0.293. The van der Waals surface area contributed by atoms with Crippen molar-refractivity contribution in [1.82, 2.24) is 13.9 Å². The van der Waals surface area contributed by atoms with Crippen molar-refractivity contribution in [3.8, 4) is 23.3 Å². The monoisotopic (exact) mass is 620 g/mol. The molecule has 2 aliphatic heterocycles. The number of carbonyl (C=O) groups is 1. The molecule has 0 radical (unpaired) electrons. The van der Waals surface area contributed by atoms with Gasteiger partial charge in [0.05, 0.1) is 22.3 Å². The molecule has 2 saturated heterocycles. The fourth-order valence-electron chi connectivity index (χ4n) is 5.40. The van der Waals surface area contributed by atoms with Gasteiger partial charge in [0, 0.05) is 37.8 Å². The number of alkyl halides is 1. The first-order chi connectivity index (χ1) is 21.2. The smallest absolute Gasteiger partial charge is 0.301 e. The van der Waals surface area contributed by atoms with Crippen LogP contribution in [0.25, 0.3) is 16.6 Å². The number of carbonyl (C=O) groups excluding carboxylic acids is 1. The maximum absolute atomic E-state index is 15.0. The van der Waals surface area contributed by atoms with Gasteiger partial charge in [-0.15, -0.1) is 0 Å². The molecule has 11 nitrogen and oxygen atoms in total. The molecule has 3 aromatic carbocycles. The Kier molecular flexibility index (Phi) is 7.74. The molecule has 3 heterocycles. The molecule has 2 fully saturated rings. The van der Waals surface area contributed by atoms with Crippen molar-refractivity contribution < 1.29 is 26.7 Å². The fraction of sp³-hybridized carbons (Fsp3) is 0.267. The summed E-state index contributed by atoms with van der Waals surface area (Å²) in [6.45, 7) is 0.958. The molecule has 0 amide bonds. The van der Waals surface area contributed by atoms with Gasteiger partial charge in [0.15, 0.2) is 11.6 Å². The van der Waals surface area contributed by atoms with Crippen LogP contribution in [0.15, 0.2) is 65.7 Å². The number of aldehydes is 1. The van der Waals surface area contributed by atoms with Gasteiger partial charge in [0.25, 0.3) is 5.56 Å². The summed E-state index contributed by atoms with van der Waals surface area (Å²) in [5.74, 6) is -1.51. The average molecular weight is 621 g/mol. The topological polar surface area (TPSA) is 138 Å². The van der Waals surface area contributed by atoms with Crippen molar-refractivity contribution >= 4 is 38.8 Å². The number of hydrogen-bond acceptors (Lipinski definition) is 8.